The van der Waals surface area contributed by atoms with Gasteiger partial charge in [-0.25, -0.2) is 4.98 Å². The van der Waals surface area contributed by atoms with E-state index in [0.717, 1.165) is 0 Å². The van der Waals surface area contributed by atoms with Gasteiger partial charge in [0.15, 0.2) is 0 Å². The van der Waals surface area contributed by atoms with E-state index in [1.807, 2.05) is 0 Å². The maximum atomic E-state index is 11.9. The molecule has 0 atom stereocenters. The van der Waals surface area contributed by atoms with Crippen LogP contribution >= 0.6 is 0 Å². The molecule has 0 radical (unpaired) electrons. The molecule has 2 aromatic heterocycles. The molecule has 0 unspecified atom stereocenters. The number of carbonyl (C=O) groups excluding carboxylic acids is 1. The van der Waals surface area contributed by atoms with Crippen molar-refractivity contribution in [3.05, 3.63) is 40.1 Å². The topological polar surface area (TPSA) is 100 Å². The van der Waals surface area contributed by atoms with Gasteiger partial charge >= 0.3 is 0 Å². The molecule has 3 N–H and O–H groups in total. The van der Waals surface area contributed by atoms with Crippen LogP contribution in [0.15, 0.2) is 23.3 Å². The minimum atomic E-state index is -0.706. The zero-order valence-corrected chi connectivity index (χ0v) is 9.89. The molecule has 1 amide bonds. The van der Waals surface area contributed by atoms with E-state index in [0.29, 0.717) is 5.69 Å². The Morgan fingerprint density at radius 2 is 2.28 bits per heavy atom. The third-order valence-corrected chi connectivity index (χ3v) is 2.61. The molecule has 0 fully saturated rings. The molecule has 0 aliphatic carbocycles. The highest BCUT2D eigenvalue weighted by Crippen LogP contribution is 2.15. The number of imidazole rings is 1. The number of aromatic nitrogens is 3. The molecule has 0 aliphatic rings. The number of H-pyrrole nitrogens is 1. The van der Waals surface area contributed by atoms with Gasteiger partial charge < -0.3 is 14.7 Å². The minimum Gasteiger partial charge on any atom is -0.507 e. The average molecular weight is 248 g/mol. The van der Waals surface area contributed by atoms with Crippen LogP contribution in [0.2, 0.25) is 0 Å². The van der Waals surface area contributed by atoms with Crippen LogP contribution in [-0.2, 0) is 7.05 Å². The Kier molecular flexibility index (Phi) is 2.88. The third-order valence-electron chi connectivity index (χ3n) is 2.61. The van der Waals surface area contributed by atoms with Crippen molar-refractivity contribution in [2.24, 2.45) is 7.05 Å². The van der Waals surface area contributed by atoms with Crippen molar-refractivity contribution in [2.45, 2.75) is 6.92 Å². The van der Waals surface area contributed by atoms with Crippen LogP contribution in [0.5, 0.6) is 5.75 Å². The van der Waals surface area contributed by atoms with Gasteiger partial charge in [-0.3, -0.25) is 14.9 Å². The average Bonchev–Trinajstić information content (AvgIpc) is 2.78. The van der Waals surface area contributed by atoms with E-state index in [-0.39, 0.29) is 17.3 Å². The first-order chi connectivity index (χ1) is 8.50. The number of nitrogens with zero attached hydrogens (tertiary/aromatic N) is 2. The number of hydrogen-bond donors (Lipinski definition) is 3. The molecule has 0 bridgehead atoms. The number of amides is 1. The van der Waals surface area contributed by atoms with Crippen LogP contribution in [0.3, 0.4) is 0 Å². The lowest BCUT2D eigenvalue weighted by molar-refractivity contribution is 0.102. The molecule has 94 valence electrons. The van der Waals surface area contributed by atoms with Crippen molar-refractivity contribution in [3.8, 4) is 5.75 Å². The molecule has 0 aliphatic heterocycles. The van der Waals surface area contributed by atoms with E-state index in [9.17, 15) is 14.7 Å². The zero-order valence-electron chi connectivity index (χ0n) is 9.89. The molecule has 0 saturated carbocycles. The summed E-state index contributed by atoms with van der Waals surface area (Å²) in [5, 5.41) is 12.1. The molecule has 18 heavy (non-hydrogen) atoms. The number of aromatic hydroxyl groups is 1. The van der Waals surface area contributed by atoms with Crippen molar-refractivity contribution < 1.29 is 9.90 Å². The molecule has 7 heteroatoms. The molecule has 2 rings (SSSR count). The Bertz CT molecular complexity index is 643. The number of aromatic amines is 1. The summed E-state index contributed by atoms with van der Waals surface area (Å²) in [7, 11) is 1.53. The SMILES string of the molecule is Cc1cc(O)c(C(=O)Nc2ncc[nH]2)c(=O)n1C. The second-order valence-corrected chi connectivity index (χ2v) is 3.80. The predicted octanol–water partition coefficient (Wildman–Crippen LogP) is 0.375. The number of pyridine rings is 1. The van der Waals surface area contributed by atoms with Crippen molar-refractivity contribution in [2.75, 3.05) is 5.32 Å². The van der Waals surface area contributed by atoms with Gasteiger partial charge in [0.2, 0.25) is 5.95 Å². The maximum absolute atomic E-state index is 11.9. The summed E-state index contributed by atoms with van der Waals surface area (Å²) < 4.78 is 1.29. The van der Waals surface area contributed by atoms with Crippen molar-refractivity contribution in [3.63, 3.8) is 0 Å². The summed E-state index contributed by atoms with van der Waals surface area (Å²) in [6, 6.07) is 1.36. The van der Waals surface area contributed by atoms with Crippen LogP contribution in [0, 0.1) is 6.92 Å². The second kappa shape index (κ2) is 4.36. The van der Waals surface area contributed by atoms with Crippen LogP contribution < -0.4 is 10.9 Å². The lowest BCUT2D eigenvalue weighted by atomic mass is 10.2. The van der Waals surface area contributed by atoms with Crippen LogP contribution in [0.4, 0.5) is 5.95 Å². The fourth-order valence-electron chi connectivity index (χ4n) is 1.52. The smallest absolute Gasteiger partial charge is 0.267 e. The molecule has 2 heterocycles. The number of hydrogen-bond acceptors (Lipinski definition) is 4. The van der Waals surface area contributed by atoms with Crippen LogP contribution in [-0.4, -0.2) is 25.5 Å². The summed E-state index contributed by atoms with van der Waals surface area (Å²) >= 11 is 0. The Balaban J connectivity index is 2.43. The molecular weight excluding hydrogens is 236 g/mol. The number of nitrogens with one attached hydrogen (secondary N) is 2. The van der Waals surface area contributed by atoms with E-state index in [2.05, 4.69) is 15.3 Å². The first kappa shape index (κ1) is 11.9. The number of aryl methyl sites for hydroxylation is 1. The van der Waals surface area contributed by atoms with Crippen LogP contribution in [0.1, 0.15) is 16.1 Å². The van der Waals surface area contributed by atoms with E-state index in [1.165, 1.54) is 30.1 Å². The molecular formula is C11H12N4O3. The van der Waals surface area contributed by atoms with E-state index in [4.69, 9.17) is 0 Å². The van der Waals surface area contributed by atoms with Gasteiger partial charge in [0.05, 0.1) is 0 Å². The molecule has 2 aromatic rings. The van der Waals surface area contributed by atoms with Gasteiger partial charge in [-0.05, 0) is 6.92 Å². The van der Waals surface area contributed by atoms with Crippen molar-refractivity contribution in [1.29, 1.82) is 0 Å². The standard InChI is InChI=1S/C11H12N4O3/c1-6-5-7(16)8(10(18)15(6)2)9(17)14-11-12-3-4-13-11/h3-5,16H,1-2H3,(H2,12,13,14,17). The summed E-state index contributed by atoms with van der Waals surface area (Å²) in [6.07, 6.45) is 2.99. The quantitative estimate of drug-likeness (QED) is 0.715. The second-order valence-electron chi connectivity index (χ2n) is 3.80. The zero-order chi connectivity index (χ0) is 13.3. The molecule has 0 saturated heterocycles. The van der Waals surface area contributed by atoms with Gasteiger partial charge in [-0.2, -0.15) is 0 Å². The first-order valence-corrected chi connectivity index (χ1v) is 5.21. The predicted molar refractivity (Wildman–Crippen MR) is 64.6 cm³/mol. The largest absolute Gasteiger partial charge is 0.507 e. The lowest BCUT2D eigenvalue weighted by Gasteiger charge is -2.08. The van der Waals surface area contributed by atoms with Gasteiger partial charge in [0, 0.05) is 31.2 Å². The lowest BCUT2D eigenvalue weighted by Crippen LogP contribution is -2.29. The summed E-state index contributed by atoms with van der Waals surface area (Å²) in [5.74, 6) is -0.843. The fraction of sp³-hybridized carbons (Fsp3) is 0.182. The Hall–Kier alpha value is -2.57. The van der Waals surface area contributed by atoms with Crippen molar-refractivity contribution >= 4 is 11.9 Å². The number of rotatable bonds is 2. The van der Waals surface area contributed by atoms with Gasteiger partial charge in [-0.15, -0.1) is 0 Å². The summed E-state index contributed by atoms with van der Waals surface area (Å²) in [5.41, 5.74) is -0.303. The van der Waals surface area contributed by atoms with Gasteiger partial charge in [0.25, 0.3) is 11.5 Å². The Morgan fingerprint density at radius 3 is 2.89 bits per heavy atom. The highest BCUT2D eigenvalue weighted by atomic mass is 16.3. The first-order valence-electron chi connectivity index (χ1n) is 5.21. The fourth-order valence-corrected chi connectivity index (χ4v) is 1.52. The van der Waals surface area contributed by atoms with E-state index < -0.39 is 11.5 Å². The minimum absolute atomic E-state index is 0.210. The van der Waals surface area contributed by atoms with E-state index >= 15 is 0 Å². The highest BCUT2D eigenvalue weighted by molar-refractivity contribution is 6.05. The van der Waals surface area contributed by atoms with E-state index in [1.54, 1.807) is 6.92 Å². The molecule has 0 aromatic carbocycles. The van der Waals surface area contributed by atoms with Gasteiger partial charge in [-0.1, -0.05) is 0 Å². The van der Waals surface area contributed by atoms with Gasteiger partial charge in [0.1, 0.15) is 11.3 Å². The number of anilines is 1. The number of carbonyl (C=O) groups is 1. The monoisotopic (exact) mass is 248 g/mol. The van der Waals surface area contributed by atoms with Crippen LogP contribution in [0.25, 0.3) is 0 Å². The normalized spacial score (nSPS) is 10.3. The maximum Gasteiger partial charge on any atom is 0.267 e. The molecule has 0 spiro atoms. The summed E-state index contributed by atoms with van der Waals surface area (Å²) in [6.45, 7) is 1.66. The third kappa shape index (κ3) is 1.97. The van der Waals surface area contributed by atoms with Crippen molar-refractivity contribution in [1.82, 2.24) is 14.5 Å². The highest BCUT2D eigenvalue weighted by Gasteiger charge is 2.19. The Labute approximate surface area is 102 Å². The summed E-state index contributed by atoms with van der Waals surface area (Å²) in [4.78, 5) is 30.2. The molecule has 7 nitrogen and oxygen atoms in total. The Morgan fingerprint density at radius 1 is 1.56 bits per heavy atom.